The number of halogens is 3. The third-order valence-corrected chi connectivity index (χ3v) is 5.68. The summed E-state index contributed by atoms with van der Waals surface area (Å²) in [6.45, 7) is 0.647. The van der Waals surface area contributed by atoms with Gasteiger partial charge in [-0.05, 0) is 60.7 Å². The number of likely N-dealkylation sites (tertiary alicyclic amines) is 1. The zero-order valence-corrected chi connectivity index (χ0v) is 17.6. The standard InChI is InChI=1S/C25H23F3N2O2/c1-32-21-8-3-6-19(15-21)24(31)30-12-4-9-23(30)22-11-10-18(16-29-22)13-17-5-2-7-20(14-17)25(26,27)28/h2-3,5-8,10-11,14-16,23H,4,9,12-13H2,1H3/t23-/m1/s1. The summed E-state index contributed by atoms with van der Waals surface area (Å²) >= 11 is 0. The van der Waals surface area contributed by atoms with Crippen LogP contribution in [0.2, 0.25) is 0 Å². The molecule has 166 valence electrons. The molecule has 0 saturated carbocycles. The lowest BCUT2D eigenvalue weighted by Gasteiger charge is -2.24. The minimum atomic E-state index is -4.36. The van der Waals surface area contributed by atoms with Gasteiger partial charge in [-0.1, -0.05) is 30.3 Å². The predicted molar refractivity (Wildman–Crippen MR) is 114 cm³/mol. The summed E-state index contributed by atoms with van der Waals surface area (Å²) in [5.41, 5.74) is 2.09. The number of rotatable bonds is 5. The molecule has 7 heteroatoms. The molecule has 0 spiro atoms. The summed E-state index contributed by atoms with van der Waals surface area (Å²) in [6, 6.07) is 16.0. The zero-order valence-electron chi connectivity index (χ0n) is 17.6. The molecular weight excluding hydrogens is 417 g/mol. The van der Waals surface area contributed by atoms with Crippen molar-refractivity contribution in [3.05, 3.63) is 94.8 Å². The summed E-state index contributed by atoms with van der Waals surface area (Å²) in [5.74, 6) is 0.560. The molecular formula is C25H23F3N2O2. The fraction of sp³-hybridized carbons (Fsp3) is 0.280. The molecule has 2 heterocycles. The molecule has 1 amide bonds. The number of amides is 1. The van der Waals surface area contributed by atoms with Crippen molar-refractivity contribution in [1.29, 1.82) is 0 Å². The lowest BCUT2D eigenvalue weighted by atomic mass is 10.0. The Labute approximate surface area is 184 Å². The molecule has 3 aromatic rings. The van der Waals surface area contributed by atoms with Crippen molar-refractivity contribution >= 4 is 5.91 Å². The fourth-order valence-corrected chi connectivity index (χ4v) is 4.07. The Hall–Kier alpha value is -3.35. The Morgan fingerprint density at radius 3 is 2.62 bits per heavy atom. The molecule has 4 nitrogen and oxygen atoms in total. The zero-order chi connectivity index (χ0) is 22.7. The van der Waals surface area contributed by atoms with E-state index in [1.165, 1.54) is 12.1 Å². The number of pyridine rings is 1. The van der Waals surface area contributed by atoms with Crippen molar-refractivity contribution in [3.63, 3.8) is 0 Å². The van der Waals surface area contributed by atoms with E-state index >= 15 is 0 Å². The van der Waals surface area contributed by atoms with Crippen LogP contribution in [0.1, 0.15) is 51.6 Å². The second kappa shape index (κ2) is 9.02. The van der Waals surface area contributed by atoms with Crippen LogP contribution in [0.4, 0.5) is 13.2 Å². The van der Waals surface area contributed by atoms with E-state index in [1.807, 2.05) is 17.0 Å². The molecule has 1 aliphatic heterocycles. The van der Waals surface area contributed by atoms with Gasteiger partial charge in [-0.3, -0.25) is 9.78 Å². The highest BCUT2D eigenvalue weighted by atomic mass is 19.4. The highest BCUT2D eigenvalue weighted by Crippen LogP contribution is 2.33. The van der Waals surface area contributed by atoms with Gasteiger partial charge in [0.05, 0.1) is 24.4 Å². The second-order valence-electron chi connectivity index (χ2n) is 7.85. The molecule has 0 radical (unpaired) electrons. The number of carbonyl (C=O) groups excluding carboxylic acids is 1. The summed E-state index contributed by atoms with van der Waals surface area (Å²) < 4.78 is 44.1. The van der Waals surface area contributed by atoms with Crippen LogP contribution in [-0.2, 0) is 12.6 Å². The number of benzene rings is 2. The second-order valence-corrected chi connectivity index (χ2v) is 7.85. The molecule has 32 heavy (non-hydrogen) atoms. The number of alkyl halides is 3. The van der Waals surface area contributed by atoms with Crippen molar-refractivity contribution in [2.75, 3.05) is 13.7 Å². The molecule has 1 saturated heterocycles. The number of nitrogens with zero attached hydrogens (tertiary/aromatic N) is 2. The molecule has 0 N–H and O–H groups in total. The lowest BCUT2D eigenvalue weighted by molar-refractivity contribution is -0.137. The molecule has 1 aromatic heterocycles. The highest BCUT2D eigenvalue weighted by Gasteiger charge is 2.32. The molecule has 1 fully saturated rings. The third kappa shape index (κ3) is 4.77. The summed E-state index contributed by atoms with van der Waals surface area (Å²) in [6.07, 6.45) is -0.625. The van der Waals surface area contributed by atoms with Crippen molar-refractivity contribution in [2.24, 2.45) is 0 Å². The van der Waals surface area contributed by atoms with Crippen LogP contribution < -0.4 is 4.74 Å². The third-order valence-electron chi connectivity index (χ3n) is 5.68. The number of hydrogen-bond acceptors (Lipinski definition) is 3. The van der Waals surface area contributed by atoms with E-state index in [2.05, 4.69) is 4.98 Å². The van der Waals surface area contributed by atoms with Crippen LogP contribution in [0.5, 0.6) is 5.75 Å². The van der Waals surface area contributed by atoms with E-state index < -0.39 is 11.7 Å². The van der Waals surface area contributed by atoms with Gasteiger partial charge in [0, 0.05) is 18.3 Å². The topological polar surface area (TPSA) is 42.4 Å². The number of hydrogen-bond donors (Lipinski definition) is 0. The van der Waals surface area contributed by atoms with Gasteiger partial charge >= 0.3 is 6.18 Å². The first-order valence-electron chi connectivity index (χ1n) is 10.4. The van der Waals surface area contributed by atoms with Crippen molar-refractivity contribution in [1.82, 2.24) is 9.88 Å². The first kappa shape index (κ1) is 21.9. The lowest BCUT2D eigenvalue weighted by Crippen LogP contribution is -2.31. The van der Waals surface area contributed by atoms with E-state index in [-0.39, 0.29) is 11.9 Å². The molecule has 4 rings (SSSR count). The van der Waals surface area contributed by atoms with E-state index in [0.717, 1.165) is 30.2 Å². The molecule has 1 atom stereocenters. The van der Waals surface area contributed by atoms with E-state index in [1.54, 1.807) is 43.6 Å². The highest BCUT2D eigenvalue weighted by molar-refractivity contribution is 5.95. The number of carbonyl (C=O) groups is 1. The summed E-state index contributed by atoms with van der Waals surface area (Å²) in [5, 5.41) is 0. The van der Waals surface area contributed by atoms with Gasteiger partial charge in [0.15, 0.2) is 0 Å². The van der Waals surface area contributed by atoms with Crippen LogP contribution in [0.3, 0.4) is 0 Å². The fourth-order valence-electron chi connectivity index (χ4n) is 4.07. The minimum Gasteiger partial charge on any atom is -0.497 e. The Bertz CT molecular complexity index is 1100. The van der Waals surface area contributed by atoms with Crippen LogP contribution in [0.25, 0.3) is 0 Å². The molecule has 2 aromatic carbocycles. The van der Waals surface area contributed by atoms with Crippen molar-refractivity contribution in [2.45, 2.75) is 31.5 Å². The Kier molecular flexibility index (Phi) is 6.17. The van der Waals surface area contributed by atoms with Crippen molar-refractivity contribution < 1.29 is 22.7 Å². The number of methoxy groups -OCH3 is 1. The Balaban J connectivity index is 1.49. The van der Waals surface area contributed by atoms with Gasteiger partial charge < -0.3 is 9.64 Å². The van der Waals surface area contributed by atoms with E-state index in [4.69, 9.17) is 4.74 Å². The summed E-state index contributed by atoms with van der Waals surface area (Å²) in [4.78, 5) is 19.4. The largest absolute Gasteiger partial charge is 0.497 e. The first-order chi connectivity index (χ1) is 15.3. The van der Waals surface area contributed by atoms with Gasteiger partial charge in [0.25, 0.3) is 5.91 Å². The Morgan fingerprint density at radius 1 is 1.09 bits per heavy atom. The SMILES string of the molecule is COc1cccc(C(=O)N2CCC[C@@H]2c2ccc(Cc3cccc(C(F)(F)F)c3)cn2)c1. The van der Waals surface area contributed by atoms with E-state index in [0.29, 0.717) is 29.8 Å². The van der Waals surface area contributed by atoms with Crippen molar-refractivity contribution in [3.8, 4) is 5.75 Å². The monoisotopic (exact) mass is 440 g/mol. The average Bonchev–Trinajstić information content (AvgIpc) is 3.29. The van der Waals surface area contributed by atoms with Crippen LogP contribution in [0.15, 0.2) is 66.9 Å². The minimum absolute atomic E-state index is 0.0683. The molecule has 0 bridgehead atoms. The average molecular weight is 440 g/mol. The Morgan fingerprint density at radius 2 is 1.91 bits per heavy atom. The molecule has 0 unspecified atom stereocenters. The summed E-state index contributed by atoms with van der Waals surface area (Å²) in [7, 11) is 1.56. The molecule has 0 aliphatic carbocycles. The quantitative estimate of drug-likeness (QED) is 0.513. The van der Waals surface area contributed by atoms with Gasteiger partial charge in [-0.25, -0.2) is 0 Å². The predicted octanol–water partition coefficient (Wildman–Crippen LogP) is 5.68. The van der Waals surface area contributed by atoms with E-state index in [9.17, 15) is 18.0 Å². The first-order valence-corrected chi connectivity index (χ1v) is 10.4. The van der Waals surface area contributed by atoms with Gasteiger partial charge in [0.1, 0.15) is 5.75 Å². The van der Waals surface area contributed by atoms with Crippen LogP contribution >= 0.6 is 0 Å². The maximum atomic E-state index is 13.1. The smallest absolute Gasteiger partial charge is 0.416 e. The number of ether oxygens (including phenoxy) is 1. The maximum absolute atomic E-state index is 13.1. The number of aromatic nitrogens is 1. The van der Waals surface area contributed by atoms with Crippen LogP contribution in [-0.4, -0.2) is 29.4 Å². The van der Waals surface area contributed by atoms with Crippen LogP contribution in [0, 0.1) is 0 Å². The normalized spacial score (nSPS) is 16.2. The molecule has 1 aliphatic rings. The van der Waals surface area contributed by atoms with Gasteiger partial charge in [0.2, 0.25) is 0 Å². The van der Waals surface area contributed by atoms with Gasteiger partial charge in [-0.15, -0.1) is 0 Å². The maximum Gasteiger partial charge on any atom is 0.416 e. The van der Waals surface area contributed by atoms with Gasteiger partial charge in [-0.2, -0.15) is 13.2 Å².